The molecule has 0 amide bonds. The zero-order chi connectivity index (χ0) is 8.10. The molecule has 11 heavy (non-hydrogen) atoms. The number of halogens is 1. The maximum atomic E-state index is 4.64. The molecule has 0 saturated heterocycles. The fraction of sp³-hybridized carbons (Fsp3) is 0. The SMILES string of the molecule is [Cl][Ti+].c1ccc2[cH-]ccc2c1. The molecule has 0 heterocycles. The first kappa shape index (κ1) is 8.93. The minimum Gasteiger partial charge on any atom is -0.168 e. The van der Waals surface area contributed by atoms with E-state index in [1.165, 1.54) is 30.1 Å². The molecule has 0 bridgehead atoms. The van der Waals surface area contributed by atoms with Crippen LogP contribution in [0, 0.1) is 0 Å². The van der Waals surface area contributed by atoms with Crippen LogP contribution in [0.2, 0.25) is 0 Å². The van der Waals surface area contributed by atoms with Gasteiger partial charge in [-0.2, -0.15) is 17.5 Å². The normalized spacial score (nSPS) is 8.73. The molecule has 0 unspecified atom stereocenters. The van der Waals surface area contributed by atoms with Crippen molar-refractivity contribution in [3.8, 4) is 0 Å². The summed E-state index contributed by atoms with van der Waals surface area (Å²) in [4.78, 5) is 0. The minimum atomic E-state index is 1.33. The predicted molar refractivity (Wildman–Crippen MR) is 45.4 cm³/mol. The summed E-state index contributed by atoms with van der Waals surface area (Å²) in [7, 11) is 4.64. The third kappa shape index (κ3) is 2.13. The zero-order valence-electron chi connectivity index (χ0n) is 5.92. The van der Waals surface area contributed by atoms with E-state index in [0.717, 1.165) is 0 Å². The van der Waals surface area contributed by atoms with Crippen LogP contribution in [0.15, 0.2) is 42.5 Å². The van der Waals surface area contributed by atoms with Gasteiger partial charge in [0.1, 0.15) is 0 Å². The van der Waals surface area contributed by atoms with Gasteiger partial charge >= 0.3 is 28.7 Å². The van der Waals surface area contributed by atoms with Crippen molar-refractivity contribution in [2.24, 2.45) is 0 Å². The molecule has 2 rings (SSSR count). The molecule has 0 saturated carbocycles. The Bertz CT molecular complexity index is 284. The topological polar surface area (TPSA) is 0 Å². The van der Waals surface area contributed by atoms with Gasteiger partial charge in [-0.1, -0.05) is 6.07 Å². The molecular formula is C9H7ClTi. The van der Waals surface area contributed by atoms with E-state index < -0.39 is 0 Å². The van der Waals surface area contributed by atoms with Crippen molar-refractivity contribution in [2.75, 3.05) is 0 Å². The Morgan fingerprint density at radius 3 is 2.55 bits per heavy atom. The van der Waals surface area contributed by atoms with Crippen molar-refractivity contribution >= 4 is 20.1 Å². The molecule has 2 heteroatoms. The third-order valence-corrected chi connectivity index (χ3v) is 1.55. The second-order valence-electron chi connectivity index (χ2n) is 2.15. The smallest absolute Gasteiger partial charge is 0.0809 e. The second kappa shape index (κ2) is 4.66. The summed E-state index contributed by atoms with van der Waals surface area (Å²) < 4.78 is 0. The standard InChI is InChI=1S/C9H7.ClH.Ti/c1-2-5-9-7-3-6-8(9)4-1;;/h1-7H;1H;/q-1;;+2/p-1. The molecule has 2 aromatic rings. The van der Waals surface area contributed by atoms with E-state index in [4.69, 9.17) is 0 Å². The van der Waals surface area contributed by atoms with Gasteiger partial charge in [0.05, 0.1) is 0 Å². The van der Waals surface area contributed by atoms with Crippen LogP contribution in [0.4, 0.5) is 0 Å². The van der Waals surface area contributed by atoms with Gasteiger partial charge in [0.15, 0.2) is 0 Å². The second-order valence-corrected chi connectivity index (χ2v) is 2.15. The molecule has 0 aliphatic carbocycles. The maximum Gasteiger partial charge on any atom is -0.0809 e. The first-order valence-electron chi connectivity index (χ1n) is 3.26. The molecule has 0 radical (unpaired) electrons. The Hall–Kier alpha value is -0.166. The van der Waals surface area contributed by atoms with Crippen molar-refractivity contribution < 1.29 is 19.4 Å². The molecule has 0 aliphatic rings. The van der Waals surface area contributed by atoms with Crippen molar-refractivity contribution in [1.29, 1.82) is 0 Å². The van der Waals surface area contributed by atoms with Crippen LogP contribution in [0.5, 0.6) is 0 Å². The number of benzene rings is 1. The van der Waals surface area contributed by atoms with Crippen LogP contribution < -0.4 is 0 Å². The van der Waals surface area contributed by atoms with Gasteiger partial charge in [0.2, 0.25) is 0 Å². The summed E-state index contributed by atoms with van der Waals surface area (Å²) >= 11 is 1.47. The van der Waals surface area contributed by atoms with Gasteiger partial charge in [-0.15, -0.1) is 29.7 Å². The minimum absolute atomic E-state index is 1.33. The van der Waals surface area contributed by atoms with Gasteiger partial charge in [0, 0.05) is 0 Å². The van der Waals surface area contributed by atoms with Gasteiger partial charge < -0.3 is 0 Å². The van der Waals surface area contributed by atoms with E-state index in [1.54, 1.807) is 0 Å². The van der Waals surface area contributed by atoms with Crippen LogP contribution >= 0.6 is 9.30 Å². The molecule has 0 nitrogen and oxygen atoms in total. The molecule has 0 atom stereocenters. The Labute approximate surface area is 81.8 Å². The van der Waals surface area contributed by atoms with E-state index in [1.807, 2.05) is 0 Å². The predicted octanol–water partition coefficient (Wildman–Crippen LogP) is 3.25. The number of hydrogen-bond donors (Lipinski definition) is 0. The summed E-state index contributed by atoms with van der Waals surface area (Å²) in [6.07, 6.45) is 0. The summed E-state index contributed by atoms with van der Waals surface area (Å²) in [6, 6.07) is 14.7. The largest absolute Gasteiger partial charge is 0.168 e. The van der Waals surface area contributed by atoms with Crippen LogP contribution in [0.3, 0.4) is 0 Å². The number of rotatable bonds is 0. The molecular weight excluding hydrogens is 191 g/mol. The van der Waals surface area contributed by atoms with Crippen LogP contribution in [0.25, 0.3) is 10.8 Å². The maximum absolute atomic E-state index is 4.64. The monoisotopic (exact) mass is 198 g/mol. The molecule has 0 spiro atoms. The Balaban J connectivity index is 0.000000281. The van der Waals surface area contributed by atoms with Crippen LogP contribution in [-0.4, -0.2) is 0 Å². The molecule has 0 aliphatic heterocycles. The van der Waals surface area contributed by atoms with Gasteiger partial charge in [-0.3, -0.25) is 0 Å². The molecule has 0 fully saturated rings. The van der Waals surface area contributed by atoms with Crippen molar-refractivity contribution in [3.05, 3.63) is 42.5 Å². The number of hydrogen-bond acceptors (Lipinski definition) is 0. The van der Waals surface area contributed by atoms with E-state index in [0.29, 0.717) is 0 Å². The average molecular weight is 198 g/mol. The molecule has 2 aromatic carbocycles. The van der Waals surface area contributed by atoms with Crippen molar-refractivity contribution in [2.45, 2.75) is 0 Å². The first-order valence-corrected chi connectivity index (χ1v) is 5.41. The van der Waals surface area contributed by atoms with Crippen molar-refractivity contribution in [3.63, 3.8) is 0 Å². The summed E-state index contributed by atoms with van der Waals surface area (Å²) in [6.45, 7) is 0. The number of fused-ring (bicyclic) bond motifs is 1. The Morgan fingerprint density at radius 1 is 1.09 bits per heavy atom. The van der Waals surface area contributed by atoms with Crippen molar-refractivity contribution in [1.82, 2.24) is 0 Å². The van der Waals surface area contributed by atoms with E-state index in [9.17, 15) is 0 Å². The molecule has 0 aromatic heterocycles. The Kier molecular flexibility index (Phi) is 3.78. The summed E-state index contributed by atoms with van der Waals surface area (Å²) in [5, 5.41) is 2.66. The summed E-state index contributed by atoms with van der Waals surface area (Å²) in [5.41, 5.74) is 0. The van der Waals surface area contributed by atoms with Gasteiger partial charge in [-0.25, -0.2) is 0 Å². The van der Waals surface area contributed by atoms with E-state index in [-0.39, 0.29) is 0 Å². The van der Waals surface area contributed by atoms with Gasteiger partial charge in [-0.05, 0) is 0 Å². The van der Waals surface area contributed by atoms with Crippen LogP contribution in [-0.2, 0) is 19.4 Å². The quantitative estimate of drug-likeness (QED) is 0.450. The van der Waals surface area contributed by atoms with E-state index >= 15 is 0 Å². The fourth-order valence-electron chi connectivity index (χ4n) is 1.07. The van der Waals surface area contributed by atoms with Crippen LogP contribution in [0.1, 0.15) is 0 Å². The fourth-order valence-corrected chi connectivity index (χ4v) is 1.07. The summed E-state index contributed by atoms with van der Waals surface area (Å²) in [5.74, 6) is 0. The third-order valence-electron chi connectivity index (χ3n) is 1.55. The first-order chi connectivity index (χ1) is 5.47. The molecule has 0 N–H and O–H groups in total. The van der Waals surface area contributed by atoms with Gasteiger partial charge in [0.25, 0.3) is 0 Å². The van der Waals surface area contributed by atoms with E-state index in [2.05, 4.69) is 51.8 Å². The molecule has 54 valence electrons. The average Bonchev–Trinajstić information content (AvgIpc) is 2.55. The Morgan fingerprint density at radius 2 is 1.82 bits per heavy atom. The zero-order valence-corrected chi connectivity index (χ0v) is 8.24.